The van der Waals surface area contributed by atoms with E-state index in [2.05, 4.69) is 4.98 Å². The van der Waals surface area contributed by atoms with Gasteiger partial charge in [0, 0.05) is 19.2 Å². The molecule has 1 heterocycles. The molecule has 0 unspecified atom stereocenters. The molecule has 0 spiro atoms. The molecule has 0 radical (unpaired) electrons. The molecule has 0 N–H and O–H groups in total. The van der Waals surface area contributed by atoms with Gasteiger partial charge in [-0.05, 0) is 36.4 Å². The van der Waals surface area contributed by atoms with Gasteiger partial charge >= 0.3 is 0 Å². The molecule has 4 rings (SSSR count). The standard InChI is InChI=1S/C22H20N2O3/c1-24-21-14-19(27-18-10-6-9-17(13-18)25-2)11-12-20(21)23-22(24)15-26-16-7-4-3-5-8-16/h3-14H,15H2,1-2H3. The van der Waals surface area contributed by atoms with Crippen LogP contribution < -0.4 is 14.2 Å². The molecule has 136 valence electrons. The Bertz CT molecular complexity index is 1060. The zero-order valence-electron chi connectivity index (χ0n) is 15.3. The minimum atomic E-state index is 0.404. The van der Waals surface area contributed by atoms with Crippen LogP contribution in [0.2, 0.25) is 0 Å². The predicted molar refractivity (Wildman–Crippen MR) is 105 cm³/mol. The van der Waals surface area contributed by atoms with Crippen LogP contribution in [0.4, 0.5) is 0 Å². The lowest BCUT2D eigenvalue weighted by Gasteiger charge is -2.08. The summed E-state index contributed by atoms with van der Waals surface area (Å²) in [5.41, 5.74) is 1.89. The summed E-state index contributed by atoms with van der Waals surface area (Å²) in [6.07, 6.45) is 0. The van der Waals surface area contributed by atoms with Crippen LogP contribution in [0.3, 0.4) is 0 Å². The molecule has 27 heavy (non-hydrogen) atoms. The van der Waals surface area contributed by atoms with Gasteiger partial charge in [0.2, 0.25) is 0 Å². The maximum Gasteiger partial charge on any atom is 0.147 e. The Kier molecular flexibility index (Phi) is 4.66. The van der Waals surface area contributed by atoms with Crippen LogP contribution >= 0.6 is 0 Å². The molecule has 0 amide bonds. The summed E-state index contributed by atoms with van der Waals surface area (Å²) in [6.45, 7) is 0.404. The van der Waals surface area contributed by atoms with Gasteiger partial charge in [-0.3, -0.25) is 0 Å². The lowest BCUT2D eigenvalue weighted by Crippen LogP contribution is -2.03. The summed E-state index contributed by atoms with van der Waals surface area (Å²) in [5, 5.41) is 0. The Morgan fingerprint density at radius 3 is 2.37 bits per heavy atom. The third-order valence-corrected chi connectivity index (χ3v) is 4.33. The van der Waals surface area contributed by atoms with Crippen LogP contribution in [0.25, 0.3) is 11.0 Å². The van der Waals surface area contributed by atoms with E-state index in [1.54, 1.807) is 7.11 Å². The maximum atomic E-state index is 5.97. The van der Waals surface area contributed by atoms with Crippen LogP contribution in [-0.4, -0.2) is 16.7 Å². The Hall–Kier alpha value is -3.47. The van der Waals surface area contributed by atoms with Crippen molar-refractivity contribution in [1.29, 1.82) is 0 Å². The number of hydrogen-bond donors (Lipinski definition) is 0. The monoisotopic (exact) mass is 360 g/mol. The lowest BCUT2D eigenvalue weighted by atomic mass is 10.3. The number of ether oxygens (including phenoxy) is 3. The number of hydrogen-bond acceptors (Lipinski definition) is 4. The highest BCUT2D eigenvalue weighted by Gasteiger charge is 2.10. The van der Waals surface area contributed by atoms with Gasteiger partial charge in [0.15, 0.2) is 0 Å². The fourth-order valence-electron chi connectivity index (χ4n) is 2.88. The van der Waals surface area contributed by atoms with E-state index in [1.807, 2.05) is 84.4 Å². The van der Waals surface area contributed by atoms with Crippen molar-refractivity contribution in [3.05, 3.63) is 78.6 Å². The van der Waals surface area contributed by atoms with Crippen LogP contribution in [0.1, 0.15) is 5.82 Å². The molecule has 0 saturated carbocycles. The summed E-state index contributed by atoms with van der Waals surface area (Å²) in [7, 11) is 3.62. The van der Waals surface area contributed by atoms with Crippen LogP contribution in [0.5, 0.6) is 23.0 Å². The van der Waals surface area contributed by atoms with Crippen molar-refractivity contribution in [3.63, 3.8) is 0 Å². The van der Waals surface area contributed by atoms with E-state index in [1.165, 1.54) is 0 Å². The minimum Gasteiger partial charge on any atom is -0.497 e. The third kappa shape index (κ3) is 3.72. The smallest absolute Gasteiger partial charge is 0.147 e. The topological polar surface area (TPSA) is 45.5 Å². The Balaban J connectivity index is 1.56. The lowest BCUT2D eigenvalue weighted by molar-refractivity contribution is 0.292. The number of aryl methyl sites for hydroxylation is 1. The number of para-hydroxylation sites is 1. The maximum absolute atomic E-state index is 5.97. The van der Waals surface area contributed by atoms with Gasteiger partial charge in [0.05, 0.1) is 18.1 Å². The molecule has 0 fully saturated rings. The molecule has 5 heteroatoms. The minimum absolute atomic E-state index is 0.404. The van der Waals surface area contributed by atoms with E-state index in [0.717, 1.165) is 39.9 Å². The molecule has 1 aromatic heterocycles. The first kappa shape index (κ1) is 17.0. The van der Waals surface area contributed by atoms with Crippen molar-refractivity contribution in [2.24, 2.45) is 7.05 Å². The molecule has 0 bridgehead atoms. The molecule has 0 aliphatic heterocycles. The van der Waals surface area contributed by atoms with Gasteiger partial charge in [-0.2, -0.15) is 0 Å². The normalized spacial score (nSPS) is 10.7. The SMILES string of the molecule is COc1cccc(Oc2ccc3nc(COc4ccccc4)n(C)c3c2)c1. The van der Waals surface area contributed by atoms with Gasteiger partial charge in [-0.15, -0.1) is 0 Å². The molecule has 0 aliphatic rings. The highest BCUT2D eigenvalue weighted by molar-refractivity contribution is 5.77. The first-order valence-corrected chi connectivity index (χ1v) is 8.68. The first-order chi connectivity index (χ1) is 13.2. The zero-order valence-corrected chi connectivity index (χ0v) is 15.3. The third-order valence-electron chi connectivity index (χ3n) is 4.33. The highest BCUT2D eigenvalue weighted by Crippen LogP contribution is 2.28. The second-order valence-corrected chi connectivity index (χ2v) is 6.12. The van der Waals surface area contributed by atoms with E-state index < -0.39 is 0 Å². The Morgan fingerprint density at radius 2 is 1.56 bits per heavy atom. The van der Waals surface area contributed by atoms with Gasteiger partial charge in [-0.25, -0.2) is 4.98 Å². The van der Waals surface area contributed by atoms with Crippen molar-refractivity contribution in [2.45, 2.75) is 6.61 Å². The average molecular weight is 360 g/mol. The van der Waals surface area contributed by atoms with E-state index >= 15 is 0 Å². The number of fused-ring (bicyclic) bond motifs is 1. The molecule has 4 aromatic rings. The summed E-state index contributed by atoms with van der Waals surface area (Å²) in [5.74, 6) is 3.91. The number of imidazole rings is 1. The van der Waals surface area contributed by atoms with Crippen LogP contribution in [0.15, 0.2) is 72.8 Å². The molecular formula is C22H20N2O3. The molecule has 3 aromatic carbocycles. The van der Waals surface area contributed by atoms with Crippen molar-refractivity contribution in [2.75, 3.05) is 7.11 Å². The van der Waals surface area contributed by atoms with Crippen molar-refractivity contribution >= 4 is 11.0 Å². The summed E-state index contributed by atoms with van der Waals surface area (Å²) in [6, 6.07) is 23.1. The second-order valence-electron chi connectivity index (χ2n) is 6.12. The molecular weight excluding hydrogens is 340 g/mol. The number of benzene rings is 3. The molecule has 0 saturated heterocycles. The molecule has 0 atom stereocenters. The molecule has 5 nitrogen and oxygen atoms in total. The van der Waals surface area contributed by atoms with Crippen molar-refractivity contribution < 1.29 is 14.2 Å². The first-order valence-electron chi connectivity index (χ1n) is 8.68. The zero-order chi connectivity index (χ0) is 18.6. The van der Waals surface area contributed by atoms with E-state index in [0.29, 0.717) is 6.61 Å². The fraction of sp³-hybridized carbons (Fsp3) is 0.136. The largest absolute Gasteiger partial charge is 0.497 e. The highest BCUT2D eigenvalue weighted by atomic mass is 16.5. The van der Waals surface area contributed by atoms with Gasteiger partial charge in [-0.1, -0.05) is 24.3 Å². The van der Waals surface area contributed by atoms with E-state index in [4.69, 9.17) is 14.2 Å². The van der Waals surface area contributed by atoms with E-state index in [9.17, 15) is 0 Å². The van der Waals surface area contributed by atoms with Crippen molar-refractivity contribution in [3.8, 4) is 23.0 Å². The molecule has 0 aliphatic carbocycles. The quantitative estimate of drug-likeness (QED) is 0.488. The summed E-state index contributed by atoms with van der Waals surface area (Å²) >= 11 is 0. The Morgan fingerprint density at radius 1 is 0.815 bits per heavy atom. The van der Waals surface area contributed by atoms with Crippen LogP contribution in [0, 0.1) is 0 Å². The van der Waals surface area contributed by atoms with Crippen LogP contribution in [-0.2, 0) is 13.7 Å². The summed E-state index contributed by atoms with van der Waals surface area (Å²) in [4.78, 5) is 4.67. The van der Waals surface area contributed by atoms with Crippen molar-refractivity contribution in [1.82, 2.24) is 9.55 Å². The van der Waals surface area contributed by atoms with Gasteiger partial charge in [0.25, 0.3) is 0 Å². The van der Waals surface area contributed by atoms with E-state index in [-0.39, 0.29) is 0 Å². The number of aromatic nitrogens is 2. The van der Waals surface area contributed by atoms with Gasteiger partial charge in [0.1, 0.15) is 35.4 Å². The Labute approximate surface area is 157 Å². The summed E-state index contributed by atoms with van der Waals surface area (Å²) < 4.78 is 19.1. The number of rotatable bonds is 6. The second kappa shape index (κ2) is 7.41. The predicted octanol–water partition coefficient (Wildman–Crippen LogP) is 4.95. The van der Waals surface area contributed by atoms with Gasteiger partial charge < -0.3 is 18.8 Å². The number of methoxy groups -OCH3 is 1. The average Bonchev–Trinajstić information content (AvgIpc) is 3.03. The fourth-order valence-corrected chi connectivity index (χ4v) is 2.88. The number of nitrogens with zero attached hydrogens (tertiary/aromatic N) is 2.